The molecule has 36 heavy (non-hydrogen) atoms. The van der Waals surface area contributed by atoms with Crippen LogP contribution >= 0.6 is 34.7 Å². The van der Waals surface area contributed by atoms with Gasteiger partial charge in [-0.25, -0.2) is 19.9 Å². The Labute approximate surface area is 224 Å². The number of aryl methyl sites for hydroxylation is 1. The monoisotopic (exact) mass is 538 g/mol. The maximum Gasteiger partial charge on any atom is 0.193 e. The van der Waals surface area contributed by atoms with Crippen molar-refractivity contribution in [1.29, 1.82) is 0 Å². The van der Waals surface area contributed by atoms with Crippen LogP contribution in [0.1, 0.15) is 17.8 Å². The van der Waals surface area contributed by atoms with E-state index in [0.29, 0.717) is 22.0 Å². The summed E-state index contributed by atoms with van der Waals surface area (Å²) in [6.45, 7) is 4.94. The van der Waals surface area contributed by atoms with Crippen LogP contribution in [0.3, 0.4) is 0 Å². The number of likely N-dealkylation sites (tertiary alicyclic amines) is 1. The van der Waals surface area contributed by atoms with Crippen molar-refractivity contribution in [3.63, 3.8) is 0 Å². The Kier molecular flexibility index (Phi) is 7.78. The first-order valence-electron chi connectivity index (χ1n) is 11.6. The molecule has 0 amide bonds. The molecule has 5 rings (SSSR count). The first-order valence-corrected chi connectivity index (χ1v) is 13.6. The van der Waals surface area contributed by atoms with Crippen LogP contribution in [0, 0.1) is 6.92 Å². The van der Waals surface area contributed by atoms with Crippen molar-refractivity contribution in [1.82, 2.24) is 34.7 Å². The van der Waals surface area contributed by atoms with Crippen molar-refractivity contribution in [3.8, 4) is 10.6 Å². The van der Waals surface area contributed by atoms with Crippen molar-refractivity contribution in [2.45, 2.75) is 36.0 Å². The van der Waals surface area contributed by atoms with Gasteiger partial charge in [0.15, 0.2) is 16.1 Å². The molecule has 4 aromatic rings. The first kappa shape index (κ1) is 25.0. The van der Waals surface area contributed by atoms with Gasteiger partial charge in [0.05, 0.1) is 33.7 Å². The lowest BCUT2D eigenvalue weighted by molar-refractivity contribution is 0.263. The molecule has 0 saturated carbocycles. The maximum atomic E-state index is 6.31. The summed E-state index contributed by atoms with van der Waals surface area (Å²) >= 11 is 9.28. The van der Waals surface area contributed by atoms with E-state index in [4.69, 9.17) is 16.6 Å². The number of likely N-dealkylation sites (N-methyl/N-ethyl adjacent to an activating group) is 1. The van der Waals surface area contributed by atoms with Crippen molar-refractivity contribution < 1.29 is 0 Å². The Morgan fingerprint density at radius 2 is 2.00 bits per heavy atom. The van der Waals surface area contributed by atoms with E-state index in [1.165, 1.54) is 29.5 Å². The lowest BCUT2D eigenvalue weighted by atomic mass is 10.2. The minimum absolute atomic E-state index is 0.613. The van der Waals surface area contributed by atoms with E-state index < -0.39 is 0 Å². The second-order valence-electron chi connectivity index (χ2n) is 8.90. The molecular weight excluding hydrogens is 512 g/mol. The number of anilines is 2. The Balaban J connectivity index is 1.23. The molecule has 1 atom stereocenters. The summed E-state index contributed by atoms with van der Waals surface area (Å²) in [6.07, 6.45) is 6.61. The molecule has 11 heteroatoms. The van der Waals surface area contributed by atoms with Gasteiger partial charge in [-0.05, 0) is 57.4 Å². The van der Waals surface area contributed by atoms with E-state index in [1.54, 1.807) is 6.20 Å². The lowest BCUT2D eigenvalue weighted by Gasteiger charge is -2.20. The summed E-state index contributed by atoms with van der Waals surface area (Å²) in [5, 5.41) is 5.33. The third kappa shape index (κ3) is 6.19. The van der Waals surface area contributed by atoms with Gasteiger partial charge < -0.3 is 10.2 Å². The largest absolute Gasteiger partial charge is 0.315 e. The molecular formula is C25H27ClN8S2. The van der Waals surface area contributed by atoms with Gasteiger partial charge in [0.1, 0.15) is 0 Å². The topological polar surface area (TPSA) is 83.0 Å². The minimum Gasteiger partial charge on any atom is -0.315 e. The summed E-state index contributed by atoms with van der Waals surface area (Å²) in [5.74, 6) is 0.668. The predicted molar refractivity (Wildman–Crippen MR) is 146 cm³/mol. The minimum atomic E-state index is 0.613. The van der Waals surface area contributed by atoms with Crippen molar-refractivity contribution >= 4 is 45.6 Å². The van der Waals surface area contributed by atoms with Crippen LogP contribution in [-0.4, -0.2) is 67.9 Å². The molecule has 8 nitrogen and oxygen atoms in total. The van der Waals surface area contributed by atoms with Crippen LogP contribution in [-0.2, 0) is 6.54 Å². The van der Waals surface area contributed by atoms with Gasteiger partial charge in [0, 0.05) is 42.5 Å². The van der Waals surface area contributed by atoms with E-state index in [0.717, 1.165) is 51.6 Å². The van der Waals surface area contributed by atoms with Crippen molar-refractivity contribution in [3.05, 3.63) is 65.3 Å². The number of benzene rings is 1. The highest BCUT2D eigenvalue weighted by Gasteiger charge is 2.24. The molecule has 186 valence electrons. The molecule has 1 aliphatic heterocycles. The molecule has 0 aliphatic carbocycles. The van der Waals surface area contributed by atoms with Gasteiger partial charge in [-0.3, -0.25) is 9.88 Å². The van der Waals surface area contributed by atoms with Gasteiger partial charge in [0.2, 0.25) is 0 Å². The SMILES string of the molecule is Cc1cc(-c2cnc(Nc3cnc(CN4CC[C@H](N(C)C)C4)cn3)s2)nc(Sc2ccccc2Cl)n1. The number of nitrogens with zero attached hydrogens (tertiary/aromatic N) is 7. The molecule has 0 bridgehead atoms. The molecule has 1 aliphatic rings. The van der Waals surface area contributed by atoms with Crippen LogP contribution in [0.5, 0.6) is 0 Å². The zero-order valence-corrected chi connectivity index (χ0v) is 22.7. The highest BCUT2D eigenvalue weighted by Crippen LogP contribution is 2.34. The molecule has 0 spiro atoms. The fraction of sp³-hybridized carbons (Fsp3) is 0.320. The molecule has 3 aromatic heterocycles. The molecule has 1 N–H and O–H groups in total. The molecule has 4 heterocycles. The van der Waals surface area contributed by atoms with Crippen LogP contribution < -0.4 is 5.32 Å². The third-order valence-electron chi connectivity index (χ3n) is 5.93. The predicted octanol–water partition coefficient (Wildman–Crippen LogP) is 5.38. The maximum absolute atomic E-state index is 6.31. The Morgan fingerprint density at radius 1 is 1.14 bits per heavy atom. The molecule has 0 unspecified atom stereocenters. The van der Waals surface area contributed by atoms with E-state index in [-0.39, 0.29) is 0 Å². The second-order valence-corrected chi connectivity index (χ2v) is 11.3. The molecule has 1 fully saturated rings. The number of aromatic nitrogens is 5. The van der Waals surface area contributed by atoms with Gasteiger partial charge in [0.25, 0.3) is 0 Å². The van der Waals surface area contributed by atoms with Gasteiger partial charge in [-0.15, -0.1) is 0 Å². The van der Waals surface area contributed by atoms with Crippen molar-refractivity contribution in [2.24, 2.45) is 0 Å². The summed E-state index contributed by atoms with van der Waals surface area (Å²) < 4.78 is 0. The summed E-state index contributed by atoms with van der Waals surface area (Å²) in [5.41, 5.74) is 2.68. The summed E-state index contributed by atoms with van der Waals surface area (Å²) in [6, 6.07) is 10.3. The molecule has 1 saturated heterocycles. The van der Waals surface area contributed by atoms with Crippen LogP contribution in [0.4, 0.5) is 10.9 Å². The van der Waals surface area contributed by atoms with Gasteiger partial charge in [-0.2, -0.15) is 0 Å². The van der Waals surface area contributed by atoms with E-state index in [2.05, 4.69) is 49.1 Å². The zero-order chi connectivity index (χ0) is 25.1. The average Bonchev–Trinajstić information content (AvgIpc) is 3.52. The molecule has 1 aromatic carbocycles. The summed E-state index contributed by atoms with van der Waals surface area (Å²) in [4.78, 5) is 29.6. The number of nitrogens with one attached hydrogen (secondary N) is 1. The highest BCUT2D eigenvalue weighted by molar-refractivity contribution is 7.99. The quantitative estimate of drug-likeness (QED) is 0.297. The van der Waals surface area contributed by atoms with Crippen LogP contribution in [0.25, 0.3) is 10.6 Å². The first-order chi connectivity index (χ1) is 17.4. The standard InChI is InChI=1S/C25H27ClN8S2/c1-16-10-20(31-25(30-16)35-21-7-5-4-6-19(21)26)22-12-29-24(36-22)32-23-13-27-17(11-28-23)14-34-9-8-18(15-34)33(2)3/h4-7,10-13,18H,8-9,14-15H2,1-3H3,(H,28,29,32)/t18-/m0/s1. The van der Waals surface area contributed by atoms with Gasteiger partial charge >= 0.3 is 0 Å². The summed E-state index contributed by atoms with van der Waals surface area (Å²) in [7, 11) is 4.28. The third-order valence-corrected chi connectivity index (χ3v) is 8.25. The van der Waals surface area contributed by atoms with E-state index in [1.807, 2.05) is 49.6 Å². The smallest absolute Gasteiger partial charge is 0.193 e. The van der Waals surface area contributed by atoms with Gasteiger partial charge in [-0.1, -0.05) is 35.1 Å². The van der Waals surface area contributed by atoms with E-state index >= 15 is 0 Å². The van der Waals surface area contributed by atoms with Crippen molar-refractivity contribution in [2.75, 3.05) is 32.5 Å². The fourth-order valence-corrected chi connectivity index (χ4v) is 5.88. The average molecular weight is 539 g/mol. The molecule has 0 radical (unpaired) electrons. The second kappa shape index (κ2) is 11.2. The highest BCUT2D eigenvalue weighted by atomic mass is 35.5. The number of thiazole rings is 1. The zero-order valence-electron chi connectivity index (χ0n) is 20.3. The Morgan fingerprint density at radius 3 is 2.75 bits per heavy atom. The number of rotatable bonds is 8. The number of halogens is 1. The lowest BCUT2D eigenvalue weighted by Crippen LogP contribution is -2.31. The van der Waals surface area contributed by atoms with E-state index in [9.17, 15) is 0 Å². The normalized spacial score (nSPS) is 16.1. The Bertz CT molecular complexity index is 1330. The number of hydrogen-bond acceptors (Lipinski definition) is 10. The van der Waals surface area contributed by atoms with Crippen LogP contribution in [0.2, 0.25) is 5.02 Å². The fourth-order valence-electron chi connectivity index (χ4n) is 4.01. The van der Waals surface area contributed by atoms with Crippen LogP contribution in [0.15, 0.2) is 59.0 Å². The Hall–Kier alpha value is -2.63. The number of hydrogen-bond donors (Lipinski definition) is 1.